The van der Waals surface area contributed by atoms with Crippen LogP contribution in [0, 0.1) is 5.92 Å². The van der Waals surface area contributed by atoms with Crippen LogP contribution in [-0.2, 0) is 11.2 Å². The number of piperidine rings is 1. The average molecular weight is 409 g/mol. The van der Waals surface area contributed by atoms with Crippen LogP contribution in [0.1, 0.15) is 61.8 Å². The summed E-state index contributed by atoms with van der Waals surface area (Å²) < 4.78 is 0. The Hall–Kier alpha value is -2.24. The maximum absolute atomic E-state index is 13.0. The van der Waals surface area contributed by atoms with Gasteiger partial charge in [-0.2, -0.15) is 0 Å². The molecule has 3 N–H and O–H groups in total. The Balaban J connectivity index is 1.59. The molecule has 0 bridgehead atoms. The van der Waals surface area contributed by atoms with Gasteiger partial charge in [0, 0.05) is 18.9 Å². The smallest absolute Gasteiger partial charge is 0.241 e. The van der Waals surface area contributed by atoms with Crippen LogP contribution in [0.25, 0.3) is 0 Å². The Bertz CT molecular complexity index is 754. The summed E-state index contributed by atoms with van der Waals surface area (Å²) >= 11 is 0. The van der Waals surface area contributed by atoms with E-state index in [1.54, 1.807) is 12.4 Å². The first-order valence-electron chi connectivity index (χ1n) is 11.3. The van der Waals surface area contributed by atoms with E-state index in [2.05, 4.69) is 59.0 Å². The van der Waals surface area contributed by atoms with Crippen LogP contribution in [0.15, 0.2) is 48.8 Å². The lowest BCUT2D eigenvalue weighted by molar-refractivity contribution is -0.123. The SMILES string of the molecule is CC(C)c1ccc(C(NCCC2CCNCC2)C(=O)NCCc2ccncc2)cc1. The summed E-state index contributed by atoms with van der Waals surface area (Å²) in [6, 6.07) is 12.2. The van der Waals surface area contributed by atoms with E-state index < -0.39 is 0 Å². The molecule has 1 aromatic carbocycles. The quantitative estimate of drug-likeness (QED) is 0.562. The van der Waals surface area contributed by atoms with Crippen molar-refractivity contribution in [2.24, 2.45) is 5.92 Å². The number of nitrogens with zero attached hydrogens (tertiary/aromatic N) is 1. The molecule has 2 aromatic rings. The maximum Gasteiger partial charge on any atom is 0.241 e. The first-order chi connectivity index (χ1) is 14.6. The van der Waals surface area contributed by atoms with Crippen molar-refractivity contribution in [3.05, 3.63) is 65.5 Å². The Morgan fingerprint density at radius 3 is 2.37 bits per heavy atom. The molecular formula is C25H36N4O. The number of amides is 1. The topological polar surface area (TPSA) is 66.0 Å². The number of nitrogens with one attached hydrogen (secondary N) is 3. The molecule has 1 amide bonds. The van der Waals surface area contributed by atoms with Gasteiger partial charge in [-0.05, 0) is 86.0 Å². The van der Waals surface area contributed by atoms with Crippen molar-refractivity contribution in [1.82, 2.24) is 20.9 Å². The lowest BCUT2D eigenvalue weighted by Crippen LogP contribution is -2.39. The Kier molecular flexibility index (Phi) is 8.84. The molecule has 1 unspecified atom stereocenters. The van der Waals surface area contributed by atoms with Gasteiger partial charge in [-0.1, -0.05) is 38.1 Å². The third kappa shape index (κ3) is 6.92. The molecule has 0 saturated carbocycles. The highest BCUT2D eigenvalue weighted by Crippen LogP contribution is 2.20. The minimum atomic E-state index is -0.314. The predicted molar refractivity (Wildman–Crippen MR) is 122 cm³/mol. The van der Waals surface area contributed by atoms with E-state index in [4.69, 9.17) is 0 Å². The second-order valence-corrected chi connectivity index (χ2v) is 8.59. The molecule has 5 heteroatoms. The van der Waals surface area contributed by atoms with E-state index in [0.29, 0.717) is 12.5 Å². The van der Waals surface area contributed by atoms with Crippen molar-refractivity contribution >= 4 is 5.91 Å². The molecule has 0 aliphatic carbocycles. The maximum atomic E-state index is 13.0. The molecule has 5 nitrogen and oxygen atoms in total. The zero-order chi connectivity index (χ0) is 21.2. The highest BCUT2D eigenvalue weighted by atomic mass is 16.2. The molecule has 1 aliphatic heterocycles. The number of carbonyl (C=O) groups excluding carboxylic acids is 1. The Morgan fingerprint density at radius 2 is 1.70 bits per heavy atom. The second kappa shape index (κ2) is 11.8. The normalized spacial score (nSPS) is 15.8. The monoisotopic (exact) mass is 408 g/mol. The van der Waals surface area contributed by atoms with Crippen LogP contribution in [0.3, 0.4) is 0 Å². The van der Waals surface area contributed by atoms with Crippen LogP contribution in [-0.4, -0.2) is 37.1 Å². The Labute approximate surface area is 181 Å². The van der Waals surface area contributed by atoms with Crippen LogP contribution in [0.5, 0.6) is 0 Å². The van der Waals surface area contributed by atoms with Crippen LogP contribution in [0.2, 0.25) is 0 Å². The van der Waals surface area contributed by atoms with Crippen LogP contribution < -0.4 is 16.0 Å². The van der Waals surface area contributed by atoms with Gasteiger partial charge in [0.1, 0.15) is 6.04 Å². The summed E-state index contributed by atoms with van der Waals surface area (Å²) in [5.74, 6) is 1.28. The zero-order valence-electron chi connectivity index (χ0n) is 18.4. The molecule has 1 atom stereocenters. The van der Waals surface area contributed by atoms with Crippen molar-refractivity contribution < 1.29 is 4.79 Å². The summed E-state index contributed by atoms with van der Waals surface area (Å²) in [6.45, 7) is 8.09. The number of benzene rings is 1. The van der Waals surface area contributed by atoms with Gasteiger partial charge in [0.05, 0.1) is 0 Å². The lowest BCUT2D eigenvalue weighted by Gasteiger charge is -2.24. The van der Waals surface area contributed by atoms with Gasteiger partial charge in [0.25, 0.3) is 0 Å². The fourth-order valence-electron chi connectivity index (χ4n) is 4.02. The Morgan fingerprint density at radius 1 is 1.03 bits per heavy atom. The number of carbonyl (C=O) groups is 1. The number of hydrogen-bond acceptors (Lipinski definition) is 4. The van der Waals surface area contributed by atoms with Crippen LogP contribution in [0.4, 0.5) is 0 Å². The first-order valence-corrected chi connectivity index (χ1v) is 11.3. The highest BCUT2D eigenvalue weighted by Gasteiger charge is 2.21. The molecule has 0 radical (unpaired) electrons. The molecule has 2 heterocycles. The lowest BCUT2D eigenvalue weighted by atomic mass is 9.94. The van der Waals surface area contributed by atoms with Crippen molar-refractivity contribution in [3.8, 4) is 0 Å². The molecular weight excluding hydrogens is 372 g/mol. The van der Waals surface area contributed by atoms with Gasteiger partial charge in [0.15, 0.2) is 0 Å². The molecule has 162 valence electrons. The summed E-state index contributed by atoms with van der Waals surface area (Å²) in [5, 5.41) is 10.1. The molecule has 30 heavy (non-hydrogen) atoms. The predicted octanol–water partition coefficient (Wildman–Crippen LogP) is 3.58. The molecule has 3 rings (SSSR count). The van der Waals surface area contributed by atoms with E-state index in [9.17, 15) is 4.79 Å². The highest BCUT2D eigenvalue weighted by molar-refractivity contribution is 5.83. The summed E-state index contributed by atoms with van der Waals surface area (Å²) in [5.41, 5.74) is 3.51. The van der Waals surface area contributed by atoms with E-state index in [1.807, 2.05) is 12.1 Å². The molecule has 1 aromatic heterocycles. The third-order valence-electron chi connectivity index (χ3n) is 6.02. The largest absolute Gasteiger partial charge is 0.354 e. The van der Waals surface area contributed by atoms with Gasteiger partial charge in [0.2, 0.25) is 5.91 Å². The van der Waals surface area contributed by atoms with Gasteiger partial charge >= 0.3 is 0 Å². The fourth-order valence-corrected chi connectivity index (χ4v) is 4.02. The molecule has 0 spiro atoms. The van der Waals surface area contributed by atoms with E-state index in [-0.39, 0.29) is 11.9 Å². The molecule has 1 saturated heterocycles. The fraction of sp³-hybridized carbons (Fsp3) is 0.520. The van der Waals surface area contributed by atoms with Crippen molar-refractivity contribution in [1.29, 1.82) is 0 Å². The standard InChI is InChI=1S/C25H36N4O/c1-19(2)22-3-5-23(6-4-22)24(28-17-11-20-7-13-26-14-8-20)25(30)29-18-12-21-9-15-27-16-10-21/h3-6,9-10,15-16,19-20,24,26,28H,7-8,11-14,17-18H2,1-2H3,(H,29,30). The number of hydrogen-bond donors (Lipinski definition) is 3. The van der Waals surface area contributed by atoms with Gasteiger partial charge in [-0.15, -0.1) is 0 Å². The molecule has 1 fully saturated rings. The molecule has 1 aliphatic rings. The van der Waals surface area contributed by atoms with Crippen LogP contribution >= 0.6 is 0 Å². The zero-order valence-corrected chi connectivity index (χ0v) is 18.4. The van der Waals surface area contributed by atoms with Crippen molar-refractivity contribution in [2.45, 2.75) is 51.5 Å². The second-order valence-electron chi connectivity index (χ2n) is 8.59. The average Bonchev–Trinajstić information content (AvgIpc) is 2.78. The number of pyridine rings is 1. The first kappa shape index (κ1) is 22.4. The summed E-state index contributed by atoms with van der Waals surface area (Å²) in [7, 11) is 0. The van der Waals surface area contributed by atoms with Gasteiger partial charge in [-0.3, -0.25) is 9.78 Å². The summed E-state index contributed by atoms with van der Waals surface area (Å²) in [4.78, 5) is 17.1. The van der Waals surface area contributed by atoms with Crippen molar-refractivity contribution in [3.63, 3.8) is 0 Å². The summed E-state index contributed by atoms with van der Waals surface area (Å²) in [6.07, 6.45) is 7.97. The van der Waals surface area contributed by atoms with Gasteiger partial charge < -0.3 is 16.0 Å². The third-order valence-corrected chi connectivity index (χ3v) is 6.02. The number of aromatic nitrogens is 1. The van der Waals surface area contributed by atoms with E-state index in [0.717, 1.165) is 44.0 Å². The minimum absolute atomic E-state index is 0.0478. The van der Waals surface area contributed by atoms with E-state index >= 15 is 0 Å². The number of rotatable bonds is 10. The van der Waals surface area contributed by atoms with Gasteiger partial charge in [-0.25, -0.2) is 0 Å². The minimum Gasteiger partial charge on any atom is -0.354 e. The van der Waals surface area contributed by atoms with Crippen molar-refractivity contribution in [2.75, 3.05) is 26.2 Å². The van der Waals surface area contributed by atoms with E-state index in [1.165, 1.54) is 24.0 Å².